The van der Waals surface area contributed by atoms with E-state index in [-0.39, 0.29) is 0 Å². The average Bonchev–Trinajstić information content (AvgIpc) is 2.93. The Morgan fingerprint density at radius 2 is 2.00 bits per heavy atom. The van der Waals surface area contributed by atoms with Crippen molar-refractivity contribution in [3.8, 4) is 0 Å². The molecule has 0 radical (unpaired) electrons. The lowest BCUT2D eigenvalue weighted by molar-refractivity contribution is 0.475. The van der Waals surface area contributed by atoms with E-state index >= 15 is 0 Å². The van der Waals surface area contributed by atoms with Crippen molar-refractivity contribution in [3.63, 3.8) is 0 Å². The Balaban J connectivity index is 2.02. The Bertz CT molecular complexity index is 550. The van der Waals surface area contributed by atoms with Crippen molar-refractivity contribution in [2.75, 3.05) is 5.32 Å². The Morgan fingerprint density at radius 1 is 1.25 bits per heavy atom. The molecule has 2 heterocycles. The van der Waals surface area contributed by atoms with Crippen molar-refractivity contribution in [1.82, 2.24) is 19.6 Å². The van der Waals surface area contributed by atoms with E-state index in [1.807, 2.05) is 16.9 Å². The zero-order valence-corrected chi connectivity index (χ0v) is 13.1. The molecule has 2 aromatic heterocycles. The van der Waals surface area contributed by atoms with Crippen LogP contribution < -0.4 is 5.32 Å². The van der Waals surface area contributed by atoms with Gasteiger partial charge in [-0.1, -0.05) is 13.8 Å². The standard InChI is InChI=1S/C15H25N5/c1-11(2)10-19-13(5)8-15(18-19)16-9-14-6-7-17-20(14)12(3)4/h6-8,11-12H,9-10H2,1-5H3,(H,16,18). The molecule has 2 rings (SSSR count). The molecule has 20 heavy (non-hydrogen) atoms. The van der Waals surface area contributed by atoms with Gasteiger partial charge in [0.2, 0.25) is 0 Å². The lowest BCUT2D eigenvalue weighted by Gasteiger charge is -2.11. The fourth-order valence-electron chi connectivity index (χ4n) is 2.25. The van der Waals surface area contributed by atoms with Gasteiger partial charge < -0.3 is 5.32 Å². The van der Waals surface area contributed by atoms with Crippen molar-refractivity contribution in [2.24, 2.45) is 5.92 Å². The van der Waals surface area contributed by atoms with Crippen LogP contribution in [0.25, 0.3) is 0 Å². The summed E-state index contributed by atoms with van der Waals surface area (Å²) in [5.74, 6) is 1.53. The Morgan fingerprint density at radius 3 is 2.65 bits per heavy atom. The van der Waals surface area contributed by atoms with Gasteiger partial charge in [-0.15, -0.1) is 0 Å². The third-order valence-electron chi connectivity index (χ3n) is 3.21. The summed E-state index contributed by atoms with van der Waals surface area (Å²) in [6.07, 6.45) is 1.85. The van der Waals surface area contributed by atoms with Crippen molar-refractivity contribution in [2.45, 2.75) is 53.8 Å². The molecule has 0 saturated carbocycles. The first-order chi connectivity index (χ1) is 9.47. The molecule has 0 aromatic carbocycles. The quantitative estimate of drug-likeness (QED) is 0.880. The van der Waals surface area contributed by atoms with Crippen molar-refractivity contribution in [1.29, 1.82) is 0 Å². The predicted molar refractivity (Wildman–Crippen MR) is 81.7 cm³/mol. The largest absolute Gasteiger partial charge is 0.363 e. The fraction of sp³-hybridized carbons (Fsp3) is 0.600. The van der Waals surface area contributed by atoms with Gasteiger partial charge in [0.1, 0.15) is 5.82 Å². The van der Waals surface area contributed by atoms with E-state index in [0.29, 0.717) is 12.0 Å². The summed E-state index contributed by atoms with van der Waals surface area (Å²) in [4.78, 5) is 0. The Kier molecular flexibility index (Phi) is 4.47. The molecule has 0 aliphatic carbocycles. The predicted octanol–water partition coefficient (Wildman–Crippen LogP) is 3.24. The third kappa shape index (κ3) is 3.40. The summed E-state index contributed by atoms with van der Waals surface area (Å²) in [5.41, 5.74) is 2.37. The Hall–Kier alpha value is -1.78. The highest BCUT2D eigenvalue weighted by Gasteiger charge is 2.08. The Labute approximate surface area is 121 Å². The van der Waals surface area contributed by atoms with E-state index in [0.717, 1.165) is 18.9 Å². The van der Waals surface area contributed by atoms with Crippen molar-refractivity contribution >= 4 is 5.82 Å². The SMILES string of the molecule is Cc1cc(NCc2ccnn2C(C)C)nn1CC(C)C. The molecule has 5 nitrogen and oxygen atoms in total. The minimum absolute atomic E-state index is 0.377. The number of aryl methyl sites for hydroxylation is 1. The fourth-order valence-corrected chi connectivity index (χ4v) is 2.25. The summed E-state index contributed by atoms with van der Waals surface area (Å²) in [6.45, 7) is 12.5. The maximum Gasteiger partial charge on any atom is 0.148 e. The lowest BCUT2D eigenvalue weighted by Crippen LogP contribution is -2.12. The molecular weight excluding hydrogens is 250 g/mol. The molecule has 0 aliphatic rings. The number of nitrogens with one attached hydrogen (secondary N) is 1. The molecule has 0 atom stereocenters. The van der Waals surface area contributed by atoms with Gasteiger partial charge in [-0.3, -0.25) is 9.36 Å². The summed E-state index contributed by atoms with van der Waals surface area (Å²) in [6, 6.07) is 4.52. The first-order valence-corrected chi connectivity index (χ1v) is 7.28. The highest BCUT2D eigenvalue weighted by molar-refractivity contribution is 5.36. The highest BCUT2D eigenvalue weighted by Crippen LogP contribution is 2.13. The summed E-state index contributed by atoms with van der Waals surface area (Å²) >= 11 is 0. The molecule has 110 valence electrons. The maximum atomic E-state index is 4.60. The first-order valence-electron chi connectivity index (χ1n) is 7.28. The molecule has 2 aromatic rings. The monoisotopic (exact) mass is 275 g/mol. The van der Waals surface area contributed by atoms with Crippen LogP contribution in [0.5, 0.6) is 0 Å². The van der Waals surface area contributed by atoms with Crippen LogP contribution in [0, 0.1) is 12.8 Å². The highest BCUT2D eigenvalue weighted by atomic mass is 15.3. The number of aromatic nitrogens is 4. The van der Waals surface area contributed by atoms with Gasteiger partial charge in [-0.25, -0.2) is 0 Å². The van der Waals surface area contributed by atoms with Gasteiger partial charge in [0, 0.05) is 30.5 Å². The molecule has 0 bridgehead atoms. The minimum Gasteiger partial charge on any atom is -0.363 e. The van der Waals surface area contributed by atoms with Gasteiger partial charge in [0.15, 0.2) is 0 Å². The second-order valence-electron chi connectivity index (χ2n) is 5.96. The topological polar surface area (TPSA) is 47.7 Å². The molecule has 0 fully saturated rings. The van der Waals surface area contributed by atoms with Crippen LogP contribution >= 0.6 is 0 Å². The molecule has 0 saturated heterocycles. The van der Waals surface area contributed by atoms with Gasteiger partial charge in [0.25, 0.3) is 0 Å². The van der Waals surface area contributed by atoms with E-state index in [1.165, 1.54) is 11.4 Å². The summed E-state index contributed by atoms with van der Waals surface area (Å²) in [5, 5.41) is 12.3. The van der Waals surface area contributed by atoms with Gasteiger partial charge in [0.05, 0.1) is 12.2 Å². The first kappa shape index (κ1) is 14.6. The van der Waals surface area contributed by atoms with E-state index in [4.69, 9.17) is 0 Å². The molecule has 0 unspecified atom stereocenters. The molecule has 0 amide bonds. The average molecular weight is 275 g/mol. The van der Waals surface area contributed by atoms with E-state index in [9.17, 15) is 0 Å². The van der Waals surface area contributed by atoms with Crippen LogP contribution in [0.2, 0.25) is 0 Å². The second-order valence-corrected chi connectivity index (χ2v) is 5.96. The van der Waals surface area contributed by atoms with E-state index < -0.39 is 0 Å². The van der Waals surface area contributed by atoms with Crippen LogP contribution in [-0.4, -0.2) is 19.6 Å². The minimum atomic E-state index is 0.377. The normalized spacial score (nSPS) is 11.6. The second kappa shape index (κ2) is 6.11. The number of hydrogen-bond acceptors (Lipinski definition) is 3. The zero-order chi connectivity index (χ0) is 14.7. The zero-order valence-electron chi connectivity index (χ0n) is 13.1. The van der Waals surface area contributed by atoms with Crippen LogP contribution in [-0.2, 0) is 13.1 Å². The van der Waals surface area contributed by atoms with Crippen molar-refractivity contribution < 1.29 is 0 Å². The molecule has 0 aliphatic heterocycles. The van der Waals surface area contributed by atoms with E-state index in [1.54, 1.807) is 0 Å². The van der Waals surface area contributed by atoms with Crippen LogP contribution in [0.1, 0.15) is 45.1 Å². The molecular formula is C15H25N5. The summed E-state index contributed by atoms with van der Waals surface area (Å²) < 4.78 is 4.09. The number of anilines is 1. The molecule has 1 N–H and O–H groups in total. The van der Waals surface area contributed by atoms with Gasteiger partial charge in [-0.05, 0) is 32.8 Å². The lowest BCUT2D eigenvalue weighted by atomic mass is 10.2. The number of nitrogens with zero attached hydrogens (tertiary/aromatic N) is 4. The number of rotatable bonds is 6. The molecule has 5 heteroatoms. The smallest absolute Gasteiger partial charge is 0.148 e. The summed E-state index contributed by atoms with van der Waals surface area (Å²) in [7, 11) is 0. The maximum absolute atomic E-state index is 4.60. The molecule has 0 spiro atoms. The van der Waals surface area contributed by atoms with Gasteiger partial charge >= 0.3 is 0 Å². The van der Waals surface area contributed by atoms with E-state index in [2.05, 4.69) is 60.9 Å². The van der Waals surface area contributed by atoms with Crippen LogP contribution in [0.4, 0.5) is 5.82 Å². The van der Waals surface area contributed by atoms with Crippen molar-refractivity contribution in [3.05, 3.63) is 29.7 Å². The van der Waals surface area contributed by atoms with Crippen LogP contribution in [0.15, 0.2) is 18.3 Å². The van der Waals surface area contributed by atoms with Crippen LogP contribution in [0.3, 0.4) is 0 Å². The third-order valence-corrected chi connectivity index (χ3v) is 3.21. The number of hydrogen-bond donors (Lipinski definition) is 1. The van der Waals surface area contributed by atoms with Gasteiger partial charge in [-0.2, -0.15) is 10.2 Å².